The molecule has 0 fully saturated rings. The predicted molar refractivity (Wildman–Crippen MR) is 95.9 cm³/mol. The molecule has 1 N–H and O–H groups in total. The van der Waals surface area contributed by atoms with Crippen LogP contribution in [-0.4, -0.2) is 18.8 Å². The number of halogens is 2. The van der Waals surface area contributed by atoms with Gasteiger partial charge in [-0.1, -0.05) is 18.1 Å². The van der Waals surface area contributed by atoms with Crippen molar-refractivity contribution >= 4 is 28.8 Å². The Bertz CT molecular complexity index is 757. The van der Waals surface area contributed by atoms with Crippen molar-refractivity contribution in [3.8, 4) is 12.3 Å². The van der Waals surface area contributed by atoms with Crippen molar-refractivity contribution < 1.29 is 13.5 Å². The minimum atomic E-state index is -0.448. The number of anilines is 2. The summed E-state index contributed by atoms with van der Waals surface area (Å²) in [6, 6.07) is 10.6. The molecule has 2 rings (SSSR count). The molecule has 0 aliphatic heterocycles. The molecule has 0 aromatic heterocycles. The Labute approximate surface area is 145 Å². The van der Waals surface area contributed by atoms with Crippen molar-refractivity contribution in [1.82, 2.24) is 0 Å². The largest absolute Gasteiger partial charge is 0.474 e. The van der Waals surface area contributed by atoms with E-state index in [2.05, 4.69) is 11.2 Å². The van der Waals surface area contributed by atoms with E-state index < -0.39 is 5.82 Å². The molecule has 0 atom stereocenters. The summed E-state index contributed by atoms with van der Waals surface area (Å²) in [6.07, 6.45) is 5.39. The Balaban J connectivity index is 2.22. The molecule has 124 valence electrons. The monoisotopic (exact) mass is 346 g/mol. The fraction of sp³-hybridized carbons (Fsp3) is 0.167. The average molecular weight is 346 g/mol. The molecule has 0 heterocycles. The van der Waals surface area contributed by atoms with E-state index in [0.717, 1.165) is 5.56 Å². The van der Waals surface area contributed by atoms with Gasteiger partial charge in [0.1, 0.15) is 11.6 Å². The van der Waals surface area contributed by atoms with Gasteiger partial charge in [-0.2, -0.15) is 0 Å². The molecule has 2 aromatic carbocycles. The first-order valence-corrected chi connectivity index (χ1v) is 7.51. The standard InChI is InChI=1S/C18H16F2N2OS/c1-3-10-22(12-13-4-6-14(19)7-5-13)17-9-8-15(11-16(17)20)21-18(24)23-2/h1,4-9,11H,10,12H2,2H3,(H,21,24). The predicted octanol–water partition coefficient (Wildman–Crippen LogP) is 3.95. The molecule has 0 spiro atoms. The van der Waals surface area contributed by atoms with E-state index in [1.165, 1.54) is 25.3 Å². The maximum absolute atomic E-state index is 14.5. The summed E-state index contributed by atoms with van der Waals surface area (Å²) in [7, 11) is 1.43. The summed E-state index contributed by atoms with van der Waals surface area (Å²) in [6.45, 7) is 0.586. The molecule has 3 nitrogen and oxygen atoms in total. The molecule has 0 saturated carbocycles. The number of rotatable bonds is 5. The van der Waals surface area contributed by atoms with Crippen LogP contribution in [0.25, 0.3) is 0 Å². The Kier molecular flexibility index (Phi) is 6.10. The van der Waals surface area contributed by atoms with Crippen molar-refractivity contribution in [2.75, 3.05) is 23.9 Å². The number of methoxy groups -OCH3 is 1. The second-order valence-electron chi connectivity index (χ2n) is 4.97. The van der Waals surface area contributed by atoms with E-state index in [9.17, 15) is 8.78 Å². The maximum atomic E-state index is 14.5. The van der Waals surface area contributed by atoms with Gasteiger partial charge in [-0.3, -0.25) is 0 Å². The van der Waals surface area contributed by atoms with Gasteiger partial charge in [0.25, 0.3) is 5.17 Å². The molecular weight excluding hydrogens is 330 g/mol. The smallest absolute Gasteiger partial charge is 0.260 e. The second kappa shape index (κ2) is 8.27. The van der Waals surface area contributed by atoms with Gasteiger partial charge in [-0.15, -0.1) is 6.42 Å². The zero-order valence-electron chi connectivity index (χ0n) is 13.1. The van der Waals surface area contributed by atoms with E-state index in [0.29, 0.717) is 17.9 Å². The summed E-state index contributed by atoms with van der Waals surface area (Å²) in [4.78, 5) is 1.70. The maximum Gasteiger partial charge on any atom is 0.260 e. The molecule has 0 unspecified atom stereocenters. The van der Waals surface area contributed by atoms with Crippen LogP contribution in [0.3, 0.4) is 0 Å². The number of hydrogen-bond acceptors (Lipinski definition) is 3. The molecule has 0 bridgehead atoms. The van der Waals surface area contributed by atoms with Crippen LogP contribution < -0.4 is 10.2 Å². The summed E-state index contributed by atoms with van der Waals surface area (Å²) in [5, 5.41) is 2.90. The number of thiocarbonyl (C=S) groups is 1. The van der Waals surface area contributed by atoms with Crippen LogP contribution in [0, 0.1) is 24.0 Å². The number of benzene rings is 2. The number of nitrogens with zero attached hydrogens (tertiary/aromatic N) is 1. The van der Waals surface area contributed by atoms with Gasteiger partial charge in [0, 0.05) is 12.2 Å². The topological polar surface area (TPSA) is 24.5 Å². The van der Waals surface area contributed by atoms with Gasteiger partial charge in [0.15, 0.2) is 0 Å². The first-order valence-electron chi connectivity index (χ1n) is 7.11. The van der Waals surface area contributed by atoms with Gasteiger partial charge in [-0.05, 0) is 48.1 Å². The lowest BCUT2D eigenvalue weighted by molar-refractivity contribution is 0.413. The first kappa shape index (κ1) is 17.7. The summed E-state index contributed by atoms with van der Waals surface area (Å²) in [5.41, 5.74) is 1.66. The Morgan fingerprint density at radius 3 is 2.54 bits per heavy atom. The Morgan fingerprint density at radius 2 is 1.96 bits per heavy atom. The third kappa shape index (κ3) is 4.67. The fourth-order valence-corrected chi connectivity index (χ4v) is 2.27. The third-order valence-corrected chi connectivity index (χ3v) is 3.56. The molecule has 0 amide bonds. The van der Waals surface area contributed by atoms with Crippen LogP contribution in [0.5, 0.6) is 0 Å². The van der Waals surface area contributed by atoms with E-state index in [1.54, 1.807) is 29.2 Å². The number of hydrogen-bond donors (Lipinski definition) is 1. The van der Waals surface area contributed by atoms with Crippen molar-refractivity contribution in [3.05, 3.63) is 59.7 Å². The lowest BCUT2D eigenvalue weighted by Gasteiger charge is -2.23. The van der Waals surface area contributed by atoms with Crippen molar-refractivity contribution in [3.63, 3.8) is 0 Å². The van der Waals surface area contributed by atoms with E-state index >= 15 is 0 Å². The van der Waals surface area contributed by atoms with E-state index in [-0.39, 0.29) is 17.5 Å². The SMILES string of the molecule is C#CCN(Cc1ccc(F)cc1)c1ccc(NC(=S)OC)cc1F. The lowest BCUT2D eigenvalue weighted by Crippen LogP contribution is -2.24. The number of nitrogens with one attached hydrogen (secondary N) is 1. The highest BCUT2D eigenvalue weighted by atomic mass is 32.1. The molecule has 0 aliphatic rings. The zero-order valence-corrected chi connectivity index (χ0v) is 13.9. The summed E-state index contributed by atoms with van der Waals surface area (Å²) >= 11 is 4.88. The highest BCUT2D eigenvalue weighted by Crippen LogP contribution is 2.24. The number of terminal acetylenes is 1. The van der Waals surface area contributed by atoms with Crippen LogP contribution in [0.15, 0.2) is 42.5 Å². The average Bonchev–Trinajstić information content (AvgIpc) is 2.56. The molecule has 6 heteroatoms. The molecule has 0 saturated heterocycles. The molecule has 0 radical (unpaired) electrons. The number of ether oxygens (including phenoxy) is 1. The minimum absolute atomic E-state index is 0.147. The Hall–Kier alpha value is -2.65. The van der Waals surface area contributed by atoms with Crippen LogP contribution in [0.4, 0.5) is 20.2 Å². The van der Waals surface area contributed by atoms with Gasteiger partial charge in [-0.25, -0.2) is 8.78 Å². The summed E-state index contributed by atoms with van der Waals surface area (Å²) < 4.78 is 32.3. The van der Waals surface area contributed by atoms with Crippen molar-refractivity contribution in [1.29, 1.82) is 0 Å². The minimum Gasteiger partial charge on any atom is -0.474 e. The quantitative estimate of drug-likeness (QED) is 0.654. The van der Waals surface area contributed by atoms with Crippen LogP contribution in [0.2, 0.25) is 0 Å². The first-order chi connectivity index (χ1) is 11.5. The van der Waals surface area contributed by atoms with Gasteiger partial charge < -0.3 is 15.0 Å². The van der Waals surface area contributed by atoms with Crippen molar-refractivity contribution in [2.45, 2.75) is 6.54 Å². The lowest BCUT2D eigenvalue weighted by atomic mass is 10.1. The zero-order chi connectivity index (χ0) is 17.5. The van der Waals surface area contributed by atoms with Gasteiger partial charge in [0.05, 0.1) is 19.3 Å². The fourth-order valence-electron chi connectivity index (χ4n) is 2.16. The summed E-state index contributed by atoms with van der Waals surface area (Å²) in [5.74, 6) is 1.74. The Morgan fingerprint density at radius 1 is 1.25 bits per heavy atom. The van der Waals surface area contributed by atoms with Crippen LogP contribution in [-0.2, 0) is 11.3 Å². The molecule has 24 heavy (non-hydrogen) atoms. The second-order valence-corrected chi connectivity index (χ2v) is 5.34. The molecule has 2 aromatic rings. The third-order valence-electron chi connectivity index (χ3n) is 3.29. The highest BCUT2D eigenvalue weighted by Gasteiger charge is 2.13. The van der Waals surface area contributed by atoms with Gasteiger partial charge >= 0.3 is 0 Å². The van der Waals surface area contributed by atoms with Crippen LogP contribution in [0.1, 0.15) is 5.56 Å². The molecular formula is C18H16F2N2OS. The highest BCUT2D eigenvalue weighted by molar-refractivity contribution is 7.80. The van der Waals surface area contributed by atoms with E-state index in [1.807, 2.05) is 0 Å². The normalized spacial score (nSPS) is 9.92. The van der Waals surface area contributed by atoms with Crippen molar-refractivity contribution in [2.24, 2.45) is 0 Å². The van der Waals surface area contributed by atoms with E-state index in [4.69, 9.17) is 23.4 Å². The van der Waals surface area contributed by atoms with Crippen LogP contribution >= 0.6 is 12.2 Å². The van der Waals surface area contributed by atoms with Gasteiger partial charge in [0.2, 0.25) is 0 Å². The molecule has 0 aliphatic carbocycles.